The number of nitro groups is 1. The number of furan rings is 1. The van der Waals surface area contributed by atoms with E-state index in [-0.39, 0.29) is 17.2 Å². The third-order valence-electron chi connectivity index (χ3n) is 3.96. The molecule has 0 fully saturated rings. The maximum Gasteiger partial charge on any atom is 0.270 e. The van der Waals surface area contributed by atoms with Crippen molar-refractivity contribution in [3.63, 3.8) is 0 Å². The number of ketones is 1. The van der Waals surface area contributed by atoms with E-state index >= 15 is 0 Å². The first-order valence-electron chi connectivity index (χ1n) is 7.33. The van der Waals surface area contributed by atoms with E-state index in [1.807, 2.05) is 25.1 Å². The minimum Gasteiger partial charge on any atom is -0.453 e. The Balaban J connectivity index is 1.77. The van der Waals surface area contributed by atoms with Gasteiger partial charge in [0, 0.05) is 28.4 Å². The van der Waals surface area contributed by atoms with Crippen molar-refractivity contribution in [2.24, 2.45) is 0 Å². The molecule has 0 spiro atoms. The molecule has 2 heterocycles. The summed E-state index contributed by atoms with van der Waals surface area (Å²) in [5.74, 6) is -0.142. The van der Waals surface area contributed by atoms with Crippen molar-refractivity contribution < 1.29 is 14.1 Å². The average Bonchev–Trinajstić information content (AvgIpc) is 3.16. The highest BCUT2D eigenvalue weighted by molar-refractivity contribution is 6.10. The fourth-order valence-corrected chi connectivity index (χ4v) is 2.76. The highest BCUT2D eigenvalue weighted by atomic mass is 16.6. The first kappa shape index (κ1) is 14.2. The number of fused-ring (bicyclic) bond motifs is 2. The summed E-state index contributed by atoms with van der Waals surface area (Å²) in [6.45, 7) is 1.99. The largest absolute Gasteiger partial charge is 0.453 e. The van der Waals surface area contributed by atoms with Crippen molar-refractivity contribution in [1.29, 1.82) is 0 Å². The first-order valence-corrected chi connectivity index (χ1v) is 7.33. The monoisotopic (exact) mass is 320 g/mol. The molecular formula is C18H12N2O4. The standard InChI is InChI=1S/C18H12N2O4/c1-10-2-4-14-11(6-10)8-15(19-14)18(21)17-9-12-7-13(20(22)23)3-5-16(12)24-17/h2-9,19H,1H3. The van der Waals surface area contributed by atoms with E-state index in [2.05, 4.69) is 4.98 Å². The molecule has 0 aliphatic heterocycles. The van der Waals surface area contributed by atoms with Crippen LogP contribution in [0, 0.1) is 17.0 Å². The molecule has 118 valence electrons. The van der Waals surface area contributed by atoms with Gasteiger partial charge in [0.2, 0.25) is 5.78 Å². The van der Waals surface area contributed by atoms with Crippen LogP contribution in [0.3, 0.4) is 0 Å². The number of aryl methyl sites for hydroxylation is 1. The van der Waals surface area contributed by atoms with Crippen molar-refractivity contribution in [2.75, 3.05) is 0 Å². The van der Waals surface area contributed by atoms with Gasteiger partial charge in [-0.05, 0) is 37.3 Å². The van der Waals surface area contributed by atoms with Gasteiger partial charge in [0.25, 0.3) is 5.69 Å². The Bertz CT molecular complexity index is 1120. The van der Waals surface area contributed by atoms with Crippen LogP contribution in [0.1, 0.15) is 21.8 Å². The molecule has 1 N–H and O–H groups in total. The molecule has 0 unspecified atom stereocenters. The number of H-pyrrole nitrogens is 1. The lowest BCUT2D eigenvalue weighted by molar-refractivity contribution is -0.384. The van der Waals surface area contributed by atoms with Gasteiger partial charge in [-0.25, -0.2) is 0 Å². The van der Waals surface area contributed by atoms with Gasteiger partial charge in [-0.3, -0.25) is 14.9 Å². The van der Waals surface area contributed by atoms with Crippen LogP contribution in [-0.4, -0.2) is 15.7 Å². The highest BCUT2D eigenvalue weighted by Crippen LogP contribution is 2.26. The van der Waals surface area contributed by atoms with Gasteiger partial charge >= 0.3 is 0 Å². The third kappa shape index (κ3) is 2.25. The molecule has 2 aromatic carbocycles. The molecule has 4 rings (SSSR count). The number of hydrogen-bond donors (Lipinski definition) is 1. The Morgan fingerprint density at radius 2 is 1.92 bits per heavy atom. The number of benzene rings is 2. The van der Waals surface area contributed by atoms with Crippen LogP contribution in [0.25, 0.3) is 21.9 Å². The summed E-state index contributed by atoms with van der Waals surface area (Å²) < 4.78 is 5.55. The quantitative estimate of drug-likeness (QED) is 0.345. The smallest absolute Gasteiger partial charge is 0.270 e. The second-order valence-corrected chi connectivity index (χ2v) is 5.69. The molecule has 0 radical (unpaired) electrons. The number of carbonyl (C=O) groups is 1. The molecule has 0 amide bonds. The average molecular weight is 320 g/mol. The third-order valence-corrected chi connectivity index (χ3v) is 3.96. The van der Waals surface area contributed by atoms with Gasteiger partial charge in [0.1, 0.15) is 5.58 Å². The SMILES string of the molecule is Cc1ccc2[nH]c(C(=O)c3cc4cc([N+](=O)[O-])ccc4o3)cc2c1. The Kier molecular flexibility index (Phi) is 2.99. The Morgan fingerprint density at radius 3 is 2.71 bits per heavy atom. The van der Waals surface area contributed by atoms with Gasteiger partial charge in [-0.2, -0.15) is 0 Å². The predicted molar refractivity (Wildman–Crippen MR) is 89.3 cm³/mol. The zero-order chi connectivity index (χ0) is 16.8. The zero-order valence-electron chi connectivity index (χ0n) is 12.7. The van der Waals surface area contributed by atoms with Gasteiger partial charge in [0.05, 0.1) is 10.6 Å². The Labute approximate surface area is 135 Å². The molecule has 0 saturated heterocycles. The topological polar surface area (TPSA) is 89.1 Å². The van der Waals surface area contributed by atoms with Crippen LogP contribution >= 0.6 is 0 Å². The molecular weight excluding hydrogens is 308 g/mol. The number of carbonyl (C=O) groups excluding carboxylic acids is 1. The number of nitrogens with zero attached hydrogens (tertiary/aromatic N) is 1. The van der Waals surface area contributed by atoms with Gasteiger partial charge < -0.3 is 9.40 Å². The summed E-state index contributed by atoms with van der Waals surface area (Å²) in [6.07, 6.45) is 0. The maximum atomic E-state index is 12.6. The molecule has 6 heteroatoms. The molecule has 24 heavy (non-hydrogen) atoms. The Morgan fingerprint density at radius 1 is 1.08 bits per heavy atom. The predicted octanol–water partition coefficient (Wildman–Crippen LogP) is 4.36. The number of nitro benzene ring substituents is 1. The lowest BCUT2D eigenvalue weighted by Crippen LogP contribution is -1.99. The fraction of sp³-hybridized carbons (Fsp3) is 0.0556. The lowest BCUT2D eigenvalue weighted by Gasteiger charge is -1.92. The number of rotatable bonds is 3. The van der Waals surface area contributed by atoms with Gasteiger partial charge in [0.15, 0.2) is 5.76 Å². The van der Waals surface area contributed by atoms with Crippen LogP contribution in [0.2, 0.25) is 0 Å². The van der Waals surface area contributed by atoms with E-state index in [4.69, 9.17) is 4.42 Å². The first-order chi connectivity index (χ1) is 11.5. The van der Waals surface area contributed by atoms with E-state index < -0.39 is 4.92 Å². The number of non-ortho nitro benzene ring substituents is 1. The second-order valence-electron chi connectivity index (χ2n) is 5.69. The highest BCUT2D eigenvalue weighted by Gasteiger charge is 2.18. The number of aromatic nitrogens is 1. The molecule has 0 atom stereocenters. The summed E-state index contributed by atoms with van der Waals surface area (Å²) in [4.78, 5) is 26.1. The zero-order valence-corrected chi connectivity index (χ0v) is 12.7. The molecule has 6 nitrogen and oxygen atoms in total. The minimum atomic E-state index is -0.478. The van der Waals surface area contributed by atoms with E-state index in [0.29, 0.717) is 16.7 Å². The second kappa shape index (κ2) is 5.06. The van der Waals surface area contributed by atoms with Crippen molar-refractivity contribution in [2.45, 2.75) is 6.92 Å². The van der Waals surface area contributed by atoms with E-state index in [1.165, 1.54) is 24.3 Å². The maximum absolute atomic E-state index is 12.6. The van der Waals surface area contributed by atoms with Crippen molar-refractivity contribution >= 4 is 33.3 Å². The molecule has 2 aromatic heterocycles. The van der Waals surface area contributed by atoms with Gasteiger partial charge in [-0.1, -0.05) is 11.6 Å². The van der Waals surface area contributed by atoms with E-state index in [1.54, 1.807) is 6.07 Å². The number of nitrogens with one attached hydrogen (secondary N) is 1. The van der Waals surface area contributed by atoms with Crippen molar-refractivity contribution in [1.82, 2.24) is 4.98 Å². The Hall–Kier alpha value is -3.41. The molecule has 4 aromatic rings. The van der Waals surface area contributed by atoms with Crippen LogP contribution in [-0.2, 0) is 0 Å². The fourth-order valence-electron chi connectivity index (χ4n) is 2.76. The van der Waals surface area contributed by atoms with Crippen molar-refractivity contribution in [3.05, 3.63) is 75.7 Å². The summed E-state index contributed by atoms with van der Waals surface area (Å²) in [7, 11) is 0. The van der Waals surface area contributed by atoms with Crippen LogP contribution in [0.5, 0.6) is 0 Å². The summed E-state index contributed by atoms with van der Waals surface area (Å²) in [5, 5.41) is 12.3. The van der Waals surface area contributed by atoms with Gasteiger partial charge in [-0.15, -0.1) is 0 Å². The number of hydrogen-bond acceptors (Lipinski definition) is 4. The van der Waals surface area contributed by atoms with E-state index in [0.717, 1.165) is 16.5 Å². The summed E-state index contributed by atoms with van der Waals surface area (Å²) >= 11 is 0. The van der Waals surface area contributed by atoms with Crippen LogP contribution < -0.4 is 0 Å². The summed E-state index contributed by atoms with van der Waals surface area (Å²) in [5.41, 5.74) is 2.80. The minimum absolute atomic E-state index is 0.0385. The van der Waals surface area contributed by atoms with E-state index in [9.17, 15) is 14.9 Å². The molecule has 0 aliphatic carbocycles. The molecule has 0 aliphatic rings. The van der Waals surface area contributed by atoms with Crippen LogP contribution in [0.4, 0.5) is 5.69 Å². The van der Waals surface area contributed by atoms with Crippen LogP contribution in [0.15, 0.2) is 52.9 Å². The summed E-state index contributed by atoms with van der Waals surface area (Å²) in [6, 6.07) is 13.4. The molecule has 0 bridgehead atoms. The molecule has 0 saturated carbocycles. The van der Waals surface area contributed by atoms with Crippen molar-refractivity contribution in [3.8, 4) is 0 Å². The number of aromatic amines is 1. The normalized spacial score (nSPS) is 11.2. The lowest BCUT2D eigenvalue weighted by atomic mass is 10.1.